The van der Waals surface area contributed by atoms with E-state index in [1.54, 1.807) is 29.3 Å². The van der Waals surface area contributed by atoms with Crippen molar-refractivity contribution in [3.8, 4) is 28.1 Å². The highest BCUT2D eigenvalue weighted by Gasteiger charge is 2.52. The maximum atomic E-state index is 13.5. The second-order valence-corrected chi connectivity index (χ2v) is 13.1. The maximum absolute atomic E-state index is 13.5. The topological polar surface area (TPSA) is 119 Å². The minimum Gasteiger partial charge on any atom is -0.477 e. The molecule has 0 atom stereocenters. The molecule has 0 saturated heterocycles. The van der Waals surface area contributed by atoms with Crippen LogP contribution in [0.1, 0.15) is 37.7 Å². The smallest absolute Gasteiger partial charge is 0.238 e. The van der Waals surface area contributed by atoms with Crippen molar-refractivity contribution >= 4 is 32.5 Å². The van der Waals surface area contributed by atoms with Crippen molar-refractivity contribution in [2.45, 2.75) is 42.4 Å². The third-order valence-corrected chi connectivity index (χ3v) is 9.48. The van der Waals surface area contributed by atoms with Crippen LogP contribution in [0.2, 0.25) is 0 Å². The predicted molar refractivity (Wildman–Crippen MR) is 164 cm³/mol. The Morgan fingerprint density at radius 1 is 1.00 bits per heavy atom. The van der Waals surface area contributed by atoms with Crippen LogP contribution in [-0.4, -0.2) is 63.5 Å². The van der Waals surface area contributed by atoms with Crippen molar-refractivity contribution in [2.75, 3.05) is 39.2 Å². The highest BCUT2D eigenvalue weighted by molar-refractivity contribution is 7.89. The molecule has 0 unspecified atom stereocenters. The fourth-order valence-corrected chi connectivity index (χ4v) is 7.26. The molecule has 2 aliphatic rings. The normalized spacial score (nSPS) is 16.1. The van der Waals surface area contributed by atoms with Gasteiger partial charge in [-0.05, 0) is 63.2 Å². The number of carbonyl (C=O) groups is 1. The number of pyridine rings is 2. The van der Waals surface area contributed by atoms with E-state index in [0.717, 1.165) is 71.9 Å². The molecule has 42 heavy (non-hydrogen) atoms. The fraction of sp³-hybridized carbons (Fsp3) is 0.344. The standard InChI is InChI=1S/C32H35N5O4S/c1-36(2)15-8-16-41-30-24(23-9-4-5-10-28(23)42(33,39)40)18-22(19-35-30)21-11-12-26-25(17-21)29-27(20-34-26)37(3)31(38)32(29)13-6-7-14-32/h4-5,9-12,17-20H,6-8,13-16H2,1-3H3,(H2,33,39,40). The van der Waals surface area contributed by atoms with Gasteiger partial charge in [-0.25, -0.2) is 18.5 Å². The third kappa shape index (κ3) is 4.83. The van der Waals surface area contributed by atoms with Gasteiger partial charge in [-0.2, -0.15) is 0 Å². The first-order chi connectivity index (χ1) is 20.1. The molecule has 4 aromatic rings. The summed E-state index contributed by atoms with van der Waals surface area (Å²) < 4.78 is 31.2. The maximum Gasteiger partial charge on any atom is 0.238 e. The number of benzene rings is 2. The lowest BCUT2D eigenvalue weighted by atomic mass is 9.78. The molecule has 0 bridgehead atoms. The lowest BCUT2D eigenvalue weighted by Gasteiger charge is -2.23. The molecule has 6 rings (SSSR count). The van der Waals surface area contributed by atoms with Crippen molar-refractivity contribution in [1.29, 1.82) is 0 Å². The van der Waals surface area contributed by atoms with Crippen LogP contribution in [0.15, 0.2) is 65.8 Å². The average Bonchev–Trinajstić information content (AvgIpc) is 3.55. The molecule has 1 saturated carbocycles. The zero-order valence-electron chi connectivity index (χ0n) is 24.1. The van der Waals surface area contributed by atoms with Crippen LogP contribution >= 0.6 is 0 Å². The molecule has 1 fully saturated rings. The first-order valence-electron chi connectivity index (χ1n) is 14.2. The molecule has 2 aromatic heterocycles. The first-order valence-corrected chi connectivity index (χ1v) is 15.8. The van der Waals surface area contributed by atoms with E-state index in [1.807, 2.05) is 45.5 Å². The number of aromatic nitrogens is 2. The third-order valence-electron chi connectivity index (χ3n) is 8.52. The number of primary sulfonamides is 1. The number of rotatable bonds is 8. The Hall–Kier alpha value is -3.86. The number of carbonyl (C=O) groups excluding carboxylic acids is 1. The van der Waals surface area contributed by atoms with E-state index in [9.17, 15) is 13.2 Å². The number of ether oxygens (including phenoxy) is 1. The van der Waals surface area contributed by atoms with Gasteiger partial charge in [0.05, 0.1) is 34.3 Å². The van der Waals surface area contributed by atoms with Gasteiger partial charge >= 0.3 is 0 Å². The summed E-state index contributed by atoms with van der Waals surface area (Å²) in [5.41, 5.74) is 4.90. The van der Waals surface area contributed by atoms with E-state index in [2.05, 4.69) is 20.9 Å². The van der Waals surface area contributed by atoms with Gasteiger partial charge in [0.1, 0.15) is 0 Å². The Kier molecular flexibility index (Phi) is 7.24. The Morgan fingerprint density at radius 3 is 2.50 bits per heavy atom. The Bertz CT molecular complexity index is 1800. The molecule has 2 N–H and O–H groups in total. The number of nitrogens with zero attached hydrogens (tertiary/aromatic N) is 4. The highest BCUT2D eigenvalue weighted by Crippen LogP contribution is 2.53. The SMILES string of the molecule is CN(C)CCCOc1ncc(-c2ccc3ncc4c(c3c2)C2(CCCC2)C(=O)N4C)cc1-c1ccccc1S(N)(=O)=O. The highest BCUT2D eigenvalue weighted by atomic mass is 32.2. The van der Waals surface area contributed by atoms with E-state index in [-0.39, 0.29) is 10.8 Å². The van der Waals surface area contributed by atoms with Crippen LogP contribution in [-0.2, 0) is 20.2 Å². The zero-order chi connectivity index (χ0) is 29.6. The van der Waals surface area contributed by atoms with E-state index >= 15 is 0 Å². The largest absolute Gasteiger partial charge is 0.477 e. The van der Waals surface area contributed by atoms with Gasteiger partial charge in [-0.15, -0.1) is 0 Å². The van der Waals surface area contributed by atoms with Gasteiger partial charge in [0.25, 0.3) is 0 Å². The summed E-state index contributed by atoms with van der Waals surface area (Å²) in [5.74, 6) is 0.489. The second-order valence-electron chi connectivity index (χ2n) is 11.5. The summed E-state index contributed by atoms with van der Waals surface area (Å²) in [4.78, 5) is 26.7. The van der Waals surface area contributed by atoms with Crippen molar-refractivity contribution in [2.24, 2.45) is 5.14 Å². The Balaban J connectivity index is 1.49. The van der Waals surface area contributed by atoms with Crippen molar-refractivity contribution in [3.63, 3.8) is 0 Å². The molecular weight excluding hydrogens is 550 g/mol. The van der Waals surface area contributed by atoms with E-state index in [4.69, 9.17) is 9.88 Å². The number of fused-ring (bicyclic) bond motifs is 4. The van der Waals surface area contributed by atoms with Gasteiger partial charge in [0.15, 0.2) is 0 Å². The predicted octanol–water partition coefficient (Wildman–Crippen LogP) is 4.73. The lowest BCUT2D eigenvalue weighted by Crippen LogP contribution is -2.36. The zero-order valence-corrected chi connectivity index (χ0v) is 24.9. The van der Waals surface area contributed by atoms with Crippen LogP contribution in [0.5, 0.6) is 5.88 Å². The Labute approximate surface area is 246 Å². The number of sulfonamides is 1. The van der Waals surface area contributed by atoms with E-state index in [1.165, 1.54) is 6.07 Å². The number of anilines is 1. The molecule has 1 amide bonds. The summed E-state index contributed by atoms with van der Waals surface area (Å²) in [6.07, 6.45) is 8.05. The molecule has 1 aliphatic carbocycles. The number of hydrogen-bond donors (Lipinski definition) is 1. The molecule has 3 heterocycles. The van der Waals surface area contributed by atoms with E-state index in [0.29, 0.717) is 23.6 Å². The number of nitrogens with two attached hydrogens (primary N) is 1. The number of hydrogen-bond acceptors (Lipinski definition) is 7. The van der Waals surface area contributed by atoms with Crippen LogP contribution in [0.4, 0.5) is 5.69 Å². The molecule has 10 heteroatoms. The fourth-order valence-electron chi connectivity index (χ4n) is 6.50. The molecule has 218 valence electrons. The quantitative estimate of drug-likeness (QED) is 0.297. The molecule has 2 aromatic carbocycles. The molecule has 0 radical (unpaired) electrons. The van der Waals surface area contributed by atoms with Crippen molar-refractivity contribution < 1.29 is 17.9 Å². The lowest BCUT2D eigenvalue weighted by molar-refractivity contribution is -0.122. The van der Waals surface area contributed by atoms with Gasteiger partial charge in [0.2, 0.25) is 21.8 Å². The van der Waals surface area contributed by atoms with E-state index < -0.39 is 15.4 Å². The minimum atomic E-state index is -4.01. The number of amides is 1. The van der Waals surface area contributed by atoms with Crippen LogP contribution in [0.3, 0.4) is 0 Å². The van der Waals surface area contributed by atoms with Gasteiger partial charge in [0, 0.05) is 47.4 Å². The number of likely N-dealkylation sites (N-methyl/N-ethyl adjacent to an activating group) is 1. The summed E-state index contributed by atoms with van der Waals surface area (Å²) in [6, 6.07) is 14.6. The summed E-state index contributed by atoms with van der Waals surface area (Å²) in [5, 5.41) is 6.57. The van der Waals surface area contributed by atoms with Crippen LogP contribution in [0, 0.1) is 0 Å². The second kappa shape index (κ2) is 10.8. The summed E-state index contributed by atoms with van der Waals surface area (Å²) >= 11 is 0. The molecular formula is C32H35N5O4S. The Morgan fingerprint density at radius 2 is 1.76 bits per heavy atom. The molecule has 9 nitrogen and oxygen atoms in total. The van der Waals surface area contributed by atoms with Gasteiger partial charge in [-0.3, -0.25) is 9.78 Å². The first kappa shape index (κ1) is 28.3. The van der Waals surface area contributed by atoms with Gasteiger partial charge < -0.3 is 14.5 Å². The van der Waals surface area contributed by atoms with Gasteiger partial charge in [-0.1, -0.05) is 37.1 Å². The summed E-state index contributed by atoms with van der Waals surface area (Å²) in [7, 11) is 1.82. The minimum absolute atomic E-state index is 0.00680. The summed E-state index contributed by atoms with van der Waals surface area (Å²) in [6.45, 7) is 1.27. The van der Waals surface area contributed by atoms with Crippen LogP contribution < -0.4 is 14.8 Å². The van der Waals surface area contributed by atoms with Crippen molar-refractivity contribution in [1.82, 2.24) is 14.9 Å². The average molecular weight is 586 g/mol. The van der Waals surface area contributed by atoms with Crippen LogP contribution in [0.25, 0.3) is 33.2 Å². The van der Waals surface area contributed by atoms with Crippen molar-refractivity contribution in [3.05, 3.63) is 66.5 Å². The molecule has 1 spiro atoms. The molecule has 1 aliphatic heterocycles. The monoisotopic (exact) mass is 585 g/mol.